The molecule has 25 heavy (non-hydrogen) atoms. The van der Waals surface area contributed by atoms with Crippen molar-refractivity contribution in [1.82, 2.24) is 10.2 Å². The Bertz CT molecular complexity index is 1050. The van der Waals surface area contributed by atoms with E-state index < -0.39 is 21.6 Å². The van der Waals surface area contributed by atoms with Crippen LogP contribution >= 0.6 is 0 Å². The van der Waals surface area contributed by atoms with Crippen molar-refractivity contribution in [2.45, 2.75) is 4.90 Å². The third-order valence-electron chi connectivity index (χ3n) is 3.28. The van der Waals surface area contributed by atoms with E-state index in [4.69, 9.17) is 4.42 Å². The van der Waals surface area contributed by atoms with Crippen LogP contribution in [0.15, 0.2) is 57.8 Å². The van der Waals surface area contributed by atoms with E-state index in [9.17, 15) is 17.6 Å². The fraction of sp³-hybridized carbons (Fsp3) is 0.0625. The molecule has 9 heteroatoms. The summed E-state index contributed by atoms with van der Waals surface area (Å²) in [5, 5.41) is 9.66. The Kier molecular flexibility index (Phi) is 4.32. The minimum Gasteiger partial charge on any atom is -0.403 e. The van der Waals surface area contributed by atoms with E-state index in [1.807, 2.05) is 0 Å². The lowest BCUT2D eigenvalue weighted by molar-refractivity contribution is 0.102. The number of carbonyl (C=O) groups is 1. The normalized spacial score (nSPS) is 11.3. The van der Waals surface area contributed by atoms with Gasteiger partial charge in [-0.3, -0.25) is 10.1 Å². The van der Waals surface area contributed by atoms with Gasteiger partial charge in [0.2, 0.25) is 0 Å². The Morgan fingerprint density at radius 2 is 1.76 bits per heavy atom. The lowest BCUT2D eigenvalue weighted by Gasteiger charge is -2.03. The van der Waals surface area contributed by atoms with Crippen LogP contribution in [0.1, 0.15) is 10.4 Å². The molecule has 0 aliphatic heterocycles. The van der Waals surface area contributed by atoms with Crippen LogP contribution in [0.25, 0.3) is 11.5 Å². The first-order chi connectivity index (χ1) is 11.9. The summed E-state index contributed by atoms with van der Waals surface area (Å²) in [5.74, 6) is -1.53. The number of nitrogens with zero attached hydrogens (tertiary/aromatic N) is 2. The summed E-state index contributed by atoms with van der Waals surface area (Å²) in [4.78, 5) is 12.1. The lowest BCUT2D eigenvalue weighted by Crippen LogP contribution is -2.13. The van der Waals surface area contributed by atoms with E-state index in [0.29, 0.717) is 0 Å². The number of anilines is 1. The lowest BCUT2D eigenvalue weighted by atomic mass is 10.2. The number of amides is 1. The van der Waals surface area contributed by atoms with Gasteiger partial charge in [0.05, 0.1) is 16.0 Å². The fourth-order valence-corrected chi connectivity index (χ4v) is 3.04. The molecule has 0 aliphatic carbocycles. The highest BCUT2D eigenvalue weighted by molar-refractivity contribution is 7.90. The quantitative estimate of drug-likeness (QED) is 0.766. The zero-order valence-electron chi connectivity index (χ0n) is 12.9. The smallest absolute Gasteiger partial charge is 0.322 e. The molecule has 0 spiro atoms. The van der Waals surface area contributed by atoms with Gasteiger partial charge in [0.25, 0.3) is 11.8 Å². The van der Waals surface area contributed by atoms with Crippen molar-refractivity contribution in [2.75, 3.05) is 11.6 Å². The molecule has 128 valence electrons. The molecular weight excluding hydrogens is 349 g/mol. The maximum atomic E-state index is 13.6. The highest BCUT2D eigenvalue weighted by Gasteiger charge is 2.20. The van der Waals surface area contributed by atoms with E-state index >= 15 is 0 Å². The number of sulfone groups is 1. The molecule has 0 bridgehead atoms. The fourth-order valence-electron chi connectivity index (χ4n) is 2.16. The van der Waals surface area contributed by atoms with Crippen LogP contribution < -0.4 is 5.32 Å². The minimum absolute atomic E-state index is 0.0191. The van der Waals surface area contributed by atoms with Crippen LogP contribution in [0, 0.1) is 5.82 Å². The number of hydrogen-bond acceptors (Lipinski definition) is 6. The molecule has 0 unspecified atom stereocenters. The molecule has 0 atom stereocenters. The maximum Gasteiger partial charge on any atom is 0.322 e. The van der Waals surface area contributed by atoms with Gasteiger partial charge in [-0.1, -0.05) is 29.4 Å². The highest BCUT2D eigenvalue weighted by Crippen LogP contribution is 2.27. The van der Waals surface area contributed by atoms with E-state index in [1.165, 1.54) is 30.3 Å². The van der Waals surface area contributed by atoms with Crippen LogP contribution in [-0.2, 0) is 9.84 Å². The molecule has 0 saturated heterocycles. The predicted molar refractivity (Wildman–Crippen MR) is 87.2 cm³/mol. The molecule has 1 aromatic heterocycles. The number of aromatic nitrogens is 2. The van der Waals surface area contributed by atoms with Gasteiger partial charge in [-0.2, -0.15) is 0 Å². The van der Waals surface area contributed by atoms with Gasteiger partial charge in [-0.15, -0.1) is 5.10 Å². The zero-order valence-corrected chi connectivity index (χ0v) is 13.7. The van der Waals surface area contributed by atoms with Gasteiger partial charge in [0.1, 0.15) is 5.82 Å². The Balaban J connectivity index is 1.90. The number of hydrogen-bond donors (Lipinski definition) is 1. The third-order valence-corrected chi connectivity index (χ3v) is 4.44. The zero-order chi connectivity index (χ0) is 18.0. The topological polar surface area (TPSA) is 102 Å². The molecule has 2 aromatic carbocycles. The number of carbonyl (C=O) groups excluding carboxylic acids is 1. The van der Waals surface area contributed by atoms with Crippen molar-refractivity contribution in [1.29, 1.82) is 0 Å². The van der Waals surface area contributed by atoms with Crippen molar-refractivity contribution in [3.63, 3.8) is 0 Å². The maximum absolute atomic E-state index is 13.6. The molecular formula is C16H12FN3O4S. The van der Waals surface area contributed by atoms with Crippen molar-refractivity contribution < 1.29 is 22.0 Å². The molecule has 0 aliphatic rings. The third kappa shape index (κ3) is 3.56. The van der Waals surface area contributed by atoms with Crippen LogP contribution in [0.4, 0.5) is 10.4 Å². The van der Waals surface area contributed by atoms with Crippen LogP contribution in [-0.4, -0.2) is 30.8 Å². The van der Waals surface area contributed by atoms with Crippen LogP contribution in [0.3, 0.4) is 0 Å². The predicted octanol–water partition coefficient (Wildman–Crippen LogP) is 2.53. The Hall–Kier alpha value is -3.07. The van der Waals surface area contributed by atoms with Crippen molar-refractivity contribution in [2.24, 2.45) is 0 Å². The second-order valence-electron chi connectivity index (χ2n) is 5.11. The molecule has 1 N–H and O–H groups in total. The van der Waals surface area contributed by atoms with Gasteiger partial charge in [0, 0.05) is 6.26 Å². The van der Waals surface area contributed by atoms with E-state index in [1.54, 1.807) is 12.1 Å². The molecule has 0 saturated carbocycles. The Labute approximate surface area is 142 Å². The van der Waals surface area contributed by atoms with Crippen molar-refractivity contribution in [3.8, 4) is 11.5 Å². The average Bonchev–Trinajstić information content (AvgIpc) is 3.03. The highest BCUT2D eigenvalue weighted by atomic mass is 32.2. The monoisotopic (exact) mass is 361 g/mol. The number of benzene rings is 2. The number of nitrogens with one attached hydrogen (secondary N) is 1. The van der Waals surface area contributed by atoms with E-state index in [2.05, 4.69) is 15.5 Å². The van der Waals surface area contributed by atoms with Gasteiger partial charge < -0.3 is 4.42 Å². The second-order valence-corrected chi connectivity index (χ2v) is 7.10. The largest absolute Gasteiger partial charge is 0.403 e. The molecule has 1 heterocycles. The summed E-state index contributed by atoms with van der Waals surface area (Å²) in [6.07, 6.45) is 1.06. The number of rotatable bonds is 4. The SMILES string of the molecule is CS(=O)(=O)c1ccccc1-c1nnc(NC(=O)c2ccccc2F)o1. The minimum atomic E-state index is -3.51. The van der Waals surface area contributed by atoms with Gasteiger partial charge in [0.15, 0.2) is 9.84 Å². The molecule has 0 radical (unpaired) electrons. The summed E-state index contributed by atoms with van der Waals surface area (Å²) in [5.41, 5.74) is 0.0303. The average molecular weight is 361 g/mol. The van der Waals surface area contributed by atoms with Crippen LogP contribution in [0.2, 0.25) is 0 Å². The van der Waals surface area contributed by atoms with E-state index in [0.717, 1.165) is 12.3 Å². The first kappa shape index (κ1) is 16.8. The summed E-state index contributed by atoms with van der Waals surface area (Å²) in [7, 11) is -3.51. The summed E-state index contributed by atoms with van der Waals surface area (Å²) >= 11 is 0. The van der Waals surface area contributed by atoms with Crippen LogP contribution in [0.5, 0.6) is 0 Å². The molecule has 1 amide bonds. The Morgan fingerprint density at radius 3 is 2.48 bits per heavy atom. The van der Waals surface area contributed by atoms with E-state index in [-0.39, 0.29) is 27.9 Å². The number of halogens is 1. The van der Waals surface area contributed by atoms with Gasteiger partial charge in [-0.05, 0) is 24.3 Å². The molecule has 3 rings (SSSR count). The Morgan fingerprint density at radius 1 is 1.08 bits per heavy atom. The summed E-state index contributed by atoms with van der Waals surface area (Å²) in [6, 6.07) is 11.3. The summed E-state index contributed by atoms with van der Waals surface area (Å²) < 4.78 is 42.6. The standard InChI is InChI=1S/C16H12FN3O4S/c1-25(22,23)13-9-5-3-7-11(13)15-19-20-16(24-15)18-14(21)10-6-2-4-8-12(10)17/h2-9H,1H3,(H,18,20,21). The first-order valence-electron chi connectivity index (χ1n) is 7.05. The second kappa shape index (κ2) is 6.44. The first-order valence-corrected chi connectivity index (χ1v) is 8.94. The molecule has 7 nitrogen and oxygen atoms in total. The van der Waals surface area contributed by atoms with Gasteiger partial charge >= 0.3 is 6.01 Å². The van der Waals surface area contributed by atoms with Gasteiger partial charge in [-0.25, -0.2) is 12.8 Å². The van der Waals surface area contributed by atoms with Crippen molar-refractivity contribution in [3.05, 3.63) is 59.9 Å². The summed E-state index contributed by atoms with van der Waals surface area (Å²) in [6.45, 7) is 0. The van der Waals surface area contributed by atoms with Crippen molar-refractivity contribution >= 4 is 21.8 Å². The molecule has 0 fully saturated rings. The molecule has 3 aromatic rings.